The summed E-state index contributed by atoms with van der Waals surface area (Å²) in [5.74, 6) is 0.690. The van der Waals surface area contributed by atoms with E-state index in [0.29, 0.717) is 12.5 Å². The Morgan fingerprint density at radius 2 is 2.09 bits per heavy atom. The highest BCUT2D eigenvalue weighted by Gasteiger charge is 2.44. The second kappa shape index (κ2) is 5.95. The smallest absolute Gasteiger partial charge is 0.224 e. The van der Waals surface area contributed by atoms with Gasteiger partial charge in [-0.2, -0.15) is 5.10 Å². The molecule has 1 amide bonds. The summed E-state index contributed by atoms with van der Waals surface area (Å²) in [5, 5.41) is 7.57. The van der Waals surface area contributed by atoms with E-state index in [2.05, 4.69) is 28.6 Å². The molecule has 1 aromatic carbocycles. The topological polar surface area (TPSA) is 46.9 Å². The fourth-order valence-electron chi connectivity index (χ4n) is 3.07. The first-order chi connectivity index (χ1) is 10.5. The van der Waals surface area contributed by atoms with E-state index >= 15 is 0 Å². The molecule has 116 valence electrons. The van der Waals surface area contributed by atoms with Gasteiger partial charge in [0.2, 0.25) is 5.91 Å². The standard InChI is InChI=1S/C18H23N3O/c1-12-9-14(3)21(20-12)11-13(2)19-18(22)17-10-16(17)15-7-5-4-6-8-15/h4-9,13,16-17H,10-11H2,1-3H3,(H,19,22)/t13-,16-,17+/m0/s1. The summed E-state index contributed by atoms with van der Waals surface area (Å²) in [6.07, 6.45) is 0.961. The summed E-state index contributed by atoms with van der Waals surface area (Å²) in [6.45, 7) is 6.78. The molecule has 3 atom stereocenters. The Morgan fingerprint density at radius 1 is 1.36 bits per heavy atom. The molecule has 1 aliphatic rings. The van der Waals surface area contributed by atoms with Crippen LogP contribution >= 0.6 is 0 Å². The molecule has 0 aliphatic heterocycles. The third-order valence-electron chi connectivity index (χ3n) is 4.29. The van der Waals surface area contributed by atoms with E-state index in [9.17, 15) is 4.79 Å². The van der Waals surface area contributed by atoms with E-state index in [1.54, 1.807) is 0 Å². The van der Waals surface area contributed by atoms with Gasteiger partial charge in [-0.15, -0.1) is 0 Å². The van der Waals surface area contributed by atoms with Crippen LogP contribution in [0.25, 0.3) is 0 Å². The Labute approximate surface area is 131 Å². The van der Waals surface area contributed by atoms with E-state index in [1.807, 2.05) is 43.7 Å². The molecule has 1 N–H and O–H groups in total. The summed E-state index contributed by atoms with van der Waals surface area (Å²) in [5.41, 5.74) is 3.42. The molecule has 0 radical (unpaired) electrons. The van der Waals surface area contributed by atoms with Gasteiger partial charge in [0, 0.05) is 17.7 Å². The lowest BCUT2D eigenvalue weighted by Crippen LogP contribution is -2.37. The van der Waals surface area contributed by atoms with Gasteiger partial charge in [0.1, 0.15) is 0 Å². The van der Waals surface area contributed by atoms with Crippen LogP contribution in [0.1, 0.15) is 36.2 Å². The van der Waals surface area contributed by atoms with Gasteiger partial charge in [0.15, 0.2) is 0 Å². The second-order valence-electron chi connectivity index (χ2n) is 6.38. The monoisotopic (exact) mass is 297 g/mol. The summed E-state index contributed by atoms with van der Waals surface area (Å²) >= 11 is 0. The number of nitrogens with one attached hydrogen (secondary N) is 1. The van der Waals surface area contributed by atoms with Gasteiger partial charge < -0.3 is 5.32 Å². The third kappa shape index (κ3) is 3.21. The highest BCUT2D eigenvalue weighted by Crippen LogP contribution is 2.47. The van der Waals surface area contributed by atoms with Gasteiger partial charge in [0.05, 0.1) is 12.2 Å². The quantitative estimate of drug-likeness (QED) is 0.922. The number of carbonyl (C=O) groups excluding carboxylic acids is 1. The fraction of sp³-hybridized carbons (Fsp3) is 0.444. The van der Waals surface area contributed by atoms with Crippen molar-refractivity contribution in [3.8, 4) is 0 Å². The molecule has 1 aliphatic carbocycles. The number of rotatable bonds is 5. The lowest BCUT2D eigenvalue weighted by Gasteiger charge is -2.15. The van der Waals surface area contributed by atoms with Crippen molar-refractivity contribution < 1.29 is 4.79 Å². The zero-order chi connectivity index (χ0) is 15.7. The zero-order valence-electron chi connectivity index (χ0n) is 13.4. The molecule has 1 saturated carbocycles. The van der Waals surface area contributed by atoms with E-state index < -0.39 is 0 Å². The van der Waals surface area contributed by atoms with Gasteiger partial charge in [-0.05, 0) is 44.7 Å². The van der Waals surface area contributed by atoms with Crippen molar-refractivity contribution in [2.45, 2.75) is 45.7 Å². The van der Waals surface area contributed by atoms with Crippen molar-refractivity contribution in [3.63, 3.8) is 0 Å². The zero-order valence-corrected chi connectivity index (χ0v) is 13.4. The third-order valence-corrected chi connectivity index (χ3v) is 4.29. The summed E-state index contributed by atoms with van der Waals surface area (Å²) < 4.78 is 1.96. The summed E-state index contributed by atoms with van der Waals surface area (Å²) in [4.78, 5) is 12.3. The molecule has 1 fully saturated rings. The molecule has 1 heterocycles. The number of aryl methyl sites for hydroxylation is 2. The molecule has 3 rings (SSSR count). The second-order valence-corrected chi connectivity index (χ2v) is 6.38. The average Bonchev–Trinajstić information content (AvgIpc) is 3.22. The van der Waals surface area contributed by atoms with Crippen molar-refractivity contribution >= 4 is 5.91 Å². The average molecular weight is 297 g/mol. The van der Waals surface area contributed by atoms with Crippen LogP contribution < -0.4 is 5.32 Å². The van der Waals surface area contributed by atoms with Crippen molar-refractivity contribution in [2.75, 3.05) is 0 Å². The van der Waals surface area contributed by atoms with Gasteiger partial charge in [-0.1, -0.05) is 30.3 Å². The maximum Gasteiger partial charge on any atom is 0.224 e. The lowest BCUT2D eigenvalue weighted by molar-refractivity contribution is -0.123. The number of benzene rings is 1. The fourth-order valence-corrected chi connectivity index (χ4v) is 3.07. The predicted molar refractivity (Wildman–Crippen MR) is 86.6 cm³/mol. The maximum absolute atomic E-state index is 12.3. The van der Waals surface area contributed by atoms with Gasteiger partial charge in [0.25, 0.3) is 0 Å². The van der Waals surface area contributed by atoms with Crippen LogP contribution in [0.3, 0.4) is 0 Å². The molecule has 2 aromatic rings. The Hall–Kier alpha value is -2.10. The van der Waals surface area contributed by atoms with Crippen LogP contribution in [0.5, 0.6) is 0 Å². The Kier molecular flexibility index (Phi) is 4.01. The number of nitrogens with zero attached hydrogens (tertiary/aromatic N) is 2. The first-order valence-corrected chi connectivity index (χ1v) is 7.91. The minimum atomic E-state index is 0.0857. The van der Waals surface area contributed by atoms with Crippen LogP contribution in [0, 0.1) is 19.8 Å². The molecular formula is C18H23N3O. The van der Waals surface area contributed by atoms with Crippen LogP contribution in [0.15, 0.2) is 36.4 Å². The normalized spacial score (nSPS) is 21.4. The Bertz CT molecular complexity index is 662. The molecule has 0 bridgehead atoms. The van der Waals surface area contributed by atoms with Crippen molar-refractivity contribution in [1.82, 2.24) is 15.1 Å². The predicted octanol–water partition coefficient (Wildman–Crippen LogP) is 2.81. The van der Waals surface area contributed by atoms with Gasteiger partial charge >= 0.3 is 0 Å². The van der Waals surface area contributed by atoms with Crippen LogP contribution in [0.2, 0.25) is 0 Å². The molecule has 1 aromatic heterocycles. The number of aromatic nitrogens is 2. The maximum atomic E-state index is 12.3. The summed E-state index contributed by atoms with van der Waals surface area (Å²) in [7, 11) is 0. The van der Waals surface area contributed by atoms with Crippen LogP contribution in [-0.4, -0.2) is 21.7 Å². The highest BCUT2D eigenvalue weighted by molar-refractivity contribution is 5.83. The highest BCUT2D eigenvalue weighted by atomic mass is 16.2. The van der Waals surface area contributed by atoms with Crippen LogP contribution in [0.4, 0.5) is 0 Å². The van der Waals surface area contributed by atoms with Crippen LogP contribution in [-0.2, 0) is 11.3 Å². The number of carbonyl (C=O) groups is 1. The minimum absolute atomic E-state index is 0.0857. The molecule has 4 heteroatoms. The minimum Gasteiger partial charge on any atom is -0.352 e. The molecule has 22 heavy (non-hydrogen) atoms. The van der Waals surface area contributed by atoms with E-state index in [0.717, 1.165) is 17.8 Å². The lowest BCUT2D eigenvalue weighted by atomic mass is 10.1. The molecule has 0 saturated heterocycles. The molecular weight excluding hydrogens is 274 g/mol. The van der Waals surface area contributed by atoms with Crippen molar-refractivity contribution in [1.29, 1.82) is 0 Å². The van der Waals surface area contributed by atoms with Crippen molar-refractivity contribution in [2.24, 2.45) is 5.92 Å². The van der Waals surface area contributed by atoms with E-state index in [4.69, 9.17) is 0 Å². The Balaban J connectivity index is 1.53. The van der Waals surface area contributed by atoms with Gasteiger partial charge in [-0.25, -0.2) is 0 Å². The first-order valence-electron chi connectivity index (χ1n) is 7.91. The largest absolute Gasteiger partial charge is 0.352 e. The SMILES string of the molecule is Cc1cc(C)n(C[C@H](C)NC(=O)[C@@H]2C[C@H]2c2ccccc2)n1. The number of amides is 1. The molecule has 0 spiro atoms. The first kappa shape index (κ1) is 14.8. The van der Waals surface area contributed by atoms with E-state index in [-0.39, 0.29) is 17.9 Å². The number of hydrogen-bond donors (Lipinski definition) is 1. The summed E-state index contributed by atoms with van der Waals surface area (Å²) in [6, 6.07) is 12.4. The Morgan fingerprint density at radius 3 is 2.73 bits per heavy atom. The molecule has 0 unspecified atom stereocenters. The number of hydrogen-bond acceptors (Lipinski definition) is 2. The van der Waals surface area contributed by atoms with E-state index in [1.165, 1.54) is 5.56 Å². The molecule has 4 nitrogen and oxygen atoms in total. The van der Waals surface area contributed by atoms with Gasteiger partial charge in [-0.3, -0.25) is 9.48 Å². The van der Waals surface area contributed by atoms with Crippen molar-refractivity contribution in [3.05, 3.63) is 53.3 Å².